The summed E-state index contributed by atoms with van der Waals surface area (Å²) in [7, 11) is 0. The van der Waals surface area contributed by atoms with Crippen LogP contribution in [0.2, 0.25) is 0 Å². The number of nitrogens with two attached hydrogens (primary N) is 1. The summed E-state index contributed by atoms with van der Waals surface area (Å²) in [6, 6.07) is 10.00. The highest BCUT2D eigenvalue weighted by atomic mass is 16.6. The molecule has 0 atom stereocenters. The molecule has 2 N–H and O–H groups in total. The molecule has 2 rings (SSSR count). The zero-order valence-electron chi connectivity index (χ0n) is 9.80. The first-order valence-electron chi connectivity index (χ1n) is 5.91. The third kappa shape index (κ3) is 2.76. The van der Waals surface area contributed by atoms with Crippen LogP contribution >= 0.6 is 0 Å². The number of piperidine rings is 1. The average molecular weight is 231 g/mol. The van der Waals surface area contributed by atoms with E-state index in [9.17, 15) is 0 Å². The van der Waals surface area contributed by atoms with Crippen molar-refractivity contribution in [1.82, 2.24) is 0 Å². The summed E-state index contributed by atoms with van der Waals surface area (Å²) in [6.07, 6.45) is 2.13. The minimum Gasteiger partial charge on any atom is -0.370 e. The molecule has 0 radical (unpaired) electrons. The van der Waals surface area contributed by atoms with Crippen molar-refractivity contribution in [3.8, 4) is 6.07 Å². The van der Waals surface area contributed by atoms with Crippen molar-refractivity contribution in [2.75, 3.05) is 24.6 Å². The maximum absolute atomic E-state index is 9.07. The van der Waals surface area contributed by atoms with Gasteiger partial charge in [-0.15, -0.1) is 0 Å². The van der Waals surface area contributed by atoms with Crippen LogP contribution in [0, 0.1) is 17.2 Å². The van der Waals surface area contributed by atoms with Crippen LogP contribution in [-0.4, -0.2) is 19.7 Å². The molecule has 4 nitrogen and oxygen atoms in total. The van der Waals surface area contributed by atoms with Gasteiger partial charge in [-0.25, -0.2) is 5.90 Å². The molecule has 0 unspecified atom stereocenters. The molecule has 1 heterocycles. The number of benzene rings is 1. The summed E-state index contributed by atoms with van der Waals surface area (Å²) < 4.78 is 0. The third-order valence-corrected chi connectivity index (χ3v) is 3.31. The highest BCUT2D eigenvalue weighted by Gasteiger charge is 2.20. The van der Waals surface area contributed by atoms with E-state index in [0.717, 1.165) is 37.2 Å². The van der Waals surface area contributed by atoms with Gasteiger partial charge >= 0.3 is 0 Å². The zero-order valence-corrected chi connectivity index (χ0v) is 9.80. The molecule has 1 aliphatic heterocycles. The van der Waals surface area contributed by atoms with Gasteiger partial charge in [0, 0.05) is 13.1 Å². The Morgan fingerprint density at radius 1 is 1.35 bits per heavy atom. The van der Waals surface area contributed by atoms with Crippen molar-refractivity contribution in [3.05, 3.63) is 29.8 Å². The van der Waals surface area contributed by atoms with Gasteiger partial charge in [0.25, 0.3) is 0 Å². The molecule has 1 aromatic rings. The second-order valence-electron chi connectivity index (χ2n) is 4.39. The first-order valence-corrected chi connectivity index (χ1v) is 5.91. The Labute approximate surface area is 102 Å². The molecule has 1 aliphatic rings. The Hall–Kier alpha value is -1.57. The average Bonchev–Trinajstić information content (AvgIpc) is 2.40. The molecular formula is C13H17N3O. The lowest BCUT2D eigenvalue weighted by atomic mass is 9.97. The van der Waals surface area contributed by atoms with Crippen molar-refractivity contribution < 1.29 is 4.84 Å². The van der Waals surface area contributed by atoms with Crippen LogP contribution in [0.4, 0.5) is 5.69 Å². The van der Waals surface area contributed by atoms with Crippen molar-refractivity contribution in [1.29, 1.82) is 5.26 Å². The van der Waals surface area contributed by atoms with E-state index in [0.29, 0.717) is 12.5 Å². The van der Waals surface area contributed by atoms with E-state index in [2.05, 4.69) is 11.0 Å². The molecule has 0 aliphatic carbocycles. The van der Waals surface area contributed by atoms with E-state index in [1.54, 1.807) is 0 Å². The lowest BCUT2D eigenvalue weighted by molar-refractivity contribution is 0.0918. The third-order valence-electron chi connectivity index (χ3n) is 3.31. The first kappa shape index (κ1) is 11.9. The molecule has 0 saturated carbocycles. The van der Waals surface area contributed by atoms with Crippen LogP contribution in [0.15, 0.2) is 24.3 Å². The summed E-state index contributed by atoms with van der Waals surface area (Å²) in [5.74, 6) is 5.64. The monoisotopic (exact) mass is 231 g/mol. The zero-order chi connectivity index (χ0) is 12.1. The van der Waals surface area contributed by atoms with Crippen LogP contribution in [0.3, 0.4) is 0 Å². The molecule has 90 valence electrons. The van der Waals surface area contributed by atoms with Gasteiger partial charge in [-0.1, -0.05) is 12.1 Å². The van der Waals surface area contributed by atoms with Crippen molar-refractivity contribution >= 4 is 5.69 Å². The summed E-state index contributed by atoms with van der Waals surface area (Å²) in [6.45, 7) is 2.56. The number of hydrogen-bond acceptors (Lipinski definition) is 4. The lowest BCUT2D eigenvalue weighted by Gasteiger charge is -2.33. The van der Waals surface area contributed by atoms with Gasteiger partial charge in [-0.2, -0.15) is 5.26 Å². The van der Waals surface area contributed by atoms with Gasteiger partial charge in [-0.3, -0.25) is 0 Å². The molecule has 4 heteroatoms. The van der Waals surface area contributed by atoms with Crippen molar-refractivity contribution in [2.45, 2.75) is 12.8 Å². The molecular weight excluding hydrogens is 214 g/mol. The normalized spacial score (nSPS) is 16.8. The topological polar surface area (TPSA) is 62.3 Å². The Kier molecular flexibility index (Phi) is 3.97. The minimum atomic E-state index is 0.547. The lowest BCUT2D eigenvalue weighted by Crippen LogP contribution is -2.35. The quantitative estimate of drug-likeness (QED) is 0.804. The second kappa shape index (κ2) is 5.67. The van der Waals surface area contributed by atoms with Crippen molar-refractivity contribution in [2.24, 2.45) is 11.8 Å². The SMILES string of the molecule is N#Cc1ccccc1N1CCC(CON)CC1. The van der Waals surface area contributed by atoms with Crippen LogP contribution < -0.4 is 10.8 Å². The fraction of sp³-hybridized carbons (Fsp3) is 0.462. The fourth-order valence-electron chi connectivity index (χ4n) is 2.32. The fourth-order valence-corrected chi connectivity index (χ4v) is 2.32. The van der Waals surface area contributed by atoms with Gasteiger partial charge in [0.15, 0.2) is 0 Å². The number of nitrogens with zero attached hydrogens (tertiary/aromatic N) is 2. The summed E-state index contributed by atoms with van der Waals surface area (Å²) in [5.41, 5.74) is 1.79. The number of anilines is 1. The van der Waals surface area contributed by atoms with Gasteiger partial charge in [-0.05, 0) is 30.9 Å². The van der Waals surface area contributed by atoms with Crippen LogP contribution in [0.5, 0.6) is 0 Å². The summed E-state index contributed by atoms with van der Waals surface area (Å²) in [5, 5.41) is 9.07. The maximum Gasteiger partial charge on any atom is 0.101 e. The Morgan fingerprint density at radius 3 is 2.71 bits per heavy atom. The van der Waals surface area contributed by atoms with Gasteiger partial charge in [0.1, 0.15) is 6.07 Å². The smallest absolute Gasteiger partial charge is 0.101 e. The van der Waals surface area contributed by atoms with E-state index in [4.69, 9.17) is 16.0 Å². The highest BCUT2D eigenvalue weighted by molar-refractivity contribution is 5.59. The molecule has 0 amide bonds. The van der Waals surface area contributed by atoms with Crippen LogP contribution in [-0.2, 0) is 4.84 Å². The highest BCUT2D eigenvalue weighted by Crippen LogP contribution is 2.25. The molecule has 17 heavy (non-hydrogen) atoms. The minimum absolute atomic E-state index is 0.547. The molecule has 0 bridgehead atoms. The molecule has 1 aromatic carbocycles. The van der Waals surface area contributed by atoms with E-state index in [-0.39, 0.29) is 0 Å². The number of nitriles is 1. The largest absolute Gasteiger partial charge is 0.370 e. The van der Waals surface area contributed by atoms with E-state index in [1.165, 1.54) is 0 Å². The first-order chi connectivity index (χ1) is 8.35. The summed E-state index contributed by atoms with van der Waals surface area (Å²) >= 11 is 0. The predicted molar refractivity (Wildman–Crippen MR) is 66.2 cm³/mol. The van der Waals surface area contributed by atoms with E-state index >= 15 is 0 Å². The molecule has 1 saturated heterocycles. The van der Waals surface area contributed by atoms with Gasteiger partial charge in [0.2, 0.25) is 0 Å². The molecule has 0 spiro atoms. The maximum atomic E-state index is 9.07. The van der Waals surface area contributed by atoms with Gasteiger partial charge in [0.05, 0.1) is 17.9 Å². The van der Waals surface area contributed by atoms with Gasteiger partial charge < -0.3 is 9.74 Å². The Balaban J connectivity index is 2.03. The van der Waals surface area contributed by atoms with Crippen molar-refractivity contribution in [3.63, 3.8) is 0 Å². The Morgan fingerprint density at radius 2 is 2.06 bits per heavy atom. The van der Waals surface area contributed by atoms with E-state index < -0.39 is 0 Å². The van der Waals surface area contributed by atoms with E-state index in [1.807, 2.05) is 24.3 Å². The second-order valence-corrected chi connectivity index (χ2v) is 4.39. The predicted octanol–water partition coefficient (Wildman–Crippen LogP) is 1.66. The number of para-hydroxylation sites is 1. The summed E-state index contributed by atoms with van der Waals surface area (Å²) in [4.78, 5) is 6.97. The molecule has 0 aromatic heterocycles. The van der Waals surface area contributed by atoms with Crippen LogP contribution in [0.25, 0.3) is 0 Å². The number of hydrogen-bond donors (Lipinski definition) is 1. The standard InChI is InChI=1S/C13H17N3O/c14-9-12-3-1-2-4-13(12)16-7-5-11(6-8-16)10-17-15/h1-4,11H,5-8,10,15H2. The number of rotatable bonds is 3. The Bertz CT molecular complexity index is 405. The van der Waals surface area contributed by atoms with Crippen LogP contribution in [0.1, 0.15) is 18.4 Å². The molecule has 1 fully saturated rings.